The lowest BCUT2D eigenvalue weighted by molar-refractivity contribution is 0.413. The van der Waals surface area contributed by atoms with E-state index in [0.717, 1.165) is 17.9 Å². The molecule has 5 heteroatoms. The van der Waals surface area contributed by atoms with Crippen LogP contribution >= 0.6 is 11.6 Å². The smallest absolute Gasteiger partial charge is 0.171 e. The molecule has 0 saturated heterocycles. The Morgan fingerprint density at radius 1 is 1.62 bits per heavy atom. The number of aryl methyl sites for hydroxylation is 1. The fourth-order valence-corrected chi connectivity index (χ4v) is 1.32. The monoisotopic (exact) mass is 241 g/mol. The average Bonchev–Trinajstić information content (AvgIpc) is 2.27. The topological polar surface area (TPSA) is 37.7 Å². The van der Waals surface area contributed by atoms with Crippen molar-refractivity contribution in [3.8, 4) is 5.75 Å². The number of pyridine rings is 1. The molecule has 0 bridgehead atoms. The molecular weight excluding hydrogens is 226 g/mol. The molecule has 0 fully saturated rings. The number of aliphatic imine (C=N–C) groups is 1. The molecule has 88 valence electrons. The highest BCUT2D eigenvalue weighted by Gasteiger charge is 2.06. The van der Waals surface area contributed by atoms with Gasteiger partial charge >= 0.3 is 0 Å². The van der Waals surface area contributed by atoms with Crippen LogP contribution in [-0.2, 0) is 0 Å². The van der Waals surface area contributed by atoms with Crippen molar-refractivity contribution in [3.05, 3.63) is 16.9 Å². The van der Waals surface area contributed by atoms with Gasteiger partial charge < -0.3 is 9.64 Å². The number of rotatable bonds is 4. The molecule has 0 N–H and O–H groups in total. The third-order valence-corrected chi connectivity index (χ3v) is 2.49. The Balaban J connectivity index is 3.00. The van der Waals surface area contributed by atoms with Crippen LogP contribution < -0.4 is 4.74 Å². The number of hydrogen-bond donors (Lipinski definition) is 0. The minimum atomic E-state index is 0.364. The summed E-state index contributed by atoms with van der Waals surface area (Å²) in [4.78, 5) is 10.5. The Morgan fingerprint density at radius 2 is 2.31 bits per heavy atom. The Hall–Kier alpha value is -1.29. The molecule has 0 aliphatic carbocycles. The number of ether oxygens (including phenoxy) is 1. The van der Waals surface area contributed by atoms with Crippen LogP contribution in [0.15, 0.2) is 11.1 Å². The lowest BCUT2D eigenvalue weighted by Crippen LogP contribution is -2.14. The summed E-state index contributed by atoms with van der Waals surface area (Å²) >= 11 is 5.89. The van der Waals surface area contributed by atoms with Crippen molar-refractivity contribution in [1.82, 2.24) is 9.88 Å². The van der Waals surface area contributed by atoms with Gasteiger partial charge in [-0.25, -0.2) is 9.98 Å². The quantitative estimate of drug-likeness (QED) is 0.462. The number of nitrogens with zero attached hydrogens (tertiary/aromatic N) is 3. The third-order valence-electron chi connectivity index (χ3n) is 2.22. The first-order valence-electron chi connectivity index (χ1n) is 5.04. The van der Waals surface area contributed by atoms with E-state index in [9.17, 15) is 0 Å². The van der Waals surface area contributed by atoms with Gasteiger partial charge in [-0.05, 0) is 13.8 Å². The summed E-state index contributed by atoms with van der Waals surface area (Å²) in [5, 5.41) is 0.364. The molecule has 0 aliphatic heterocycles. The minimum Gasteiger partial charge on any atom is -0.493 e. The van der Waals surface area contributed by atoms with Crippen molar-refractivity contribution in [3.63, 3.8) is 0 Å². The highest BCUT2D eigenvalue weighted by atomic mass is 35.5. The van der Waals surface area contributed by atoms with Crippen molar-refractivity contribution >= 4 is 23.6 Å². The molecule has 0 spiro atoms. The van der Waals surface area contributed by atoms with Crippen LogP contribution in [0.5, 0.6) is 5.75 Å². The summed E-state index contributed by atoms with van der Waals surface area (Å²) in [6.07, 6.45) is 1.76. The second kappa shape index (κ2) is 5.70. The number of methoxy groups -OCH3 is 1. The van der Waals surface area contributed by atoms with E-state index in [0.29, 0.717) is 10.9 Å². The lowest BCUT2D eigenvalue weighted by Gasteiger charge is -2.09. The van der Waals surface area contributed by atoms with E-state index in [1.807, 2.05) is 18.9 Å². The maximum atomic E-state index is 5.89. The Morgan fingerprint density at radius 3 is 2.88 bits per heavy atom. The largest absolute Gasteiger partial charge is 0.493 e. The minimum absolute atomic E-state index is 0.364. The summed E-state index contributed by atoms with van der Waals surface area (Å²) in [5.41, 5.74) is 1.55. The summed E-state index contributed by atoms with van der Waals surface area (Å²) in [6.45, 7) is 4.82. The third kappa shape index (κ3) is 3.10. The highest BCUT2D eigenvalue weighted by Crippen LogP contribution is 2.29. The van der Waals surface area contributed by atoms with Crippen molar-refractivity contribution in [2.45, 2.75) is 13.8 Å². The van der Waals surface area contributed by atoms with Gasteiger partial charge in [-0.1, -0.05) is 11.6 Å². The molecule has 0 atom stereocenters. The van der Waals surface area contributed by atoms with Gasteiger partial charge in [-0.2, -0.15) is 0 Å². The van der Waals surface area contributed by atoms with E-state index < -0.39 is 0 Å². The van der Waals surface area contributed by atoms with E-state index in [2.05, 4.69) is 16.9 Å². The standard InChI is InChI=1S/C11H16ClN3O/c1-5-15(3)7-13-9-6-10(16-4)11(12)14-8(9)2/h6-7H,5H2,1-4H3/b13-7+. The zero-order chi connectivity index (χ0) is 12.1. The van der Waals surface area contributed by atoms with Gasteiger partial charge in [0, 0.05) is 19.7 Å². The highest BCUT2D eigenvalue weighted by molar-refractivity contribution is 6.30. The van der Waals surface area contributed by atoms with Crippen molar-refractivity contribution in [2.24, 2.45) is 4.99 Å². The first-order valence-corrected chi connectivity index (χ1v) is 5.41. The van der Waals surface area contributed by atoms with Crippen molar-refractivity contribution < 1.29 is 4.74 Å². The van der Waals surface area contributed by atoms with E-state index >= 15 is 0 Å². The molecule has 1 heterocycles. The first-order chi connectivity index (χ1) is 7.58. The number of hydrogen-bond acceptors (Lipinski definition) is 3. The molecular formula is C11H16ClN3O. The molecule has 0 saturated carbocycles. The van der Waals surface area contributed by atoms with E-state index in [1.165, 1.54) is 0 Å². The van der Waals surface area contributed by atoms with Crippen LogP contribution in [-0.4, -0.2) is 36.9 Å². The van der Waals surface area contributed by atoms with Crippen molar-refractivity contribution in [2.75, 3.05) is 20.7 Å². The van der Waals surface area contributed by atoms with E-state index in [1.54, 1.807) is 19.5 Å². The lowest BCUT2D eigenvalue weighted by atomic mass is 10.3. The Labute approximate surface area is 101 Å². The zero-order valence-electron chi connectivity index (χ0n) is 9.99. The Bertz CT molecular complexity index is 393. The molecule has 1 aromatic heterocycles. The van der Waals surface area contributed by atoms with Crippen LogP contribution in [0.4, 0.5) is 5.69 Å². The summed E-state index contributed by atoms with van der Waals surface area (Å²) < 4.78 is 5.09. The summed E-state index contributed by atoms with van der Waals surface area (Å²) in [5.74, 6) is 0.540. The van der Waals surface area contributed by atoms with Gasteiger partial charge in [-0.15, -0.1) is 0 Å². The molecule has 0 amide bonds. The van der Waals surface area contributed by atoms with Gasteiger partial charge in [0.15, 0.2) is 10.9 Å². The van der Waals surface area contributed by atoms with E-state index in [-0.39, 0.29) is 0 Å². The molecule has 0 radical (unpaired) electrons. The molecule has 1 aromatic rings. The van der Waals surface area contributed by atoms with Crippen LogP contribution in [0.25, 0.3) is 0 Å². The van der Waals surface area contributed by atoms with Crippen LogP contribution in [0, 0.1) is 6.92 Å². The number of aromatic nitrogens is 1. The maximum Gasteiger partial charge on any atom is 0.171 e. The van der Waals surface area contributed by atoms with Crippen LogP contribution in [0.1, 0.15) is 12.6 Å². The summed E-state index contributed by atoms with van der Waals surface area (Å²) in [7, 11) is 3.52. The molecule has 0 unspecified atom stereocenters. The van der Waals surface area contributed by atoms with Gasteiger partial charge in [-0.3, -0.25) is 0 Å². The SMILES string of the molecule is CCN(C)/C=N/c1cc(OC)c(Cl)nc1C. The fourth-order valence-electron chi connectivity index (χ4n) is 1.06. The van der Waals surface area contributed by atoms with Crippen LogP contribution in [0.3, 0.4) is 0 Å². The van der Waals surface area contributed by atoms with Crippen LogP contribution in [0.2, 0.25) is 5.15 Å². The predicted molar refractivity (Wildman–Crippen MR) is 67.0 cm³/mol. The summed E-state index contributed by atoms with van der Waals surface area (Å²) in [6, 6.07) is 1.78. The predicted octanol–water partition coefficient (Wildman–Crippen LogP) is 2.66. The zero-order valence-corrected chi connectivity index (χ0v) is 10.7. The maximum absolute atomic E-state index is 5.89. The molecule has 0 aliphatic rings. The normalized spacial score (nSPS) is 10.8. The fraction of sp³-hybridized carbons (Fsp3) is 0.455. The van der Waals surface area contributed by atoms with Gasteiger partial charge in [0.2, 0.25) is 0 Å². The molecule has 0 aromatic carbocycles. The van der Waals surface area contributed by atoms with Crippen molar-refractivity contribution in [1.29, 1.82) is 0 Å². The second-order valence-corrected chi connectivity index (χ2v) is 3.76. The second-order valence-electron chi connectivity index (χ2n) is 3.40. The molecule has 1 rings (SSSR count). The van der Waals surface area contributed by atoms with E-state index in [4.69, 9.17) is 16.3 Å². The van der Waals surface area contributed by atoms with Gasteiger partial charge in [0.05, 0.1) is 24.8 Å². The molecule has 4 nitrogen and oxygen atoms in total. The first kappa shape index (κ1) is 12.8. The molecule has 16 heavy (non-hydrogen) atoms. The van der Waals surface area contributed by atoms with Gasteiger partial charge in [0.1, 0.15) is 0 Å². The average molecular weight is 242 g/mol. The van der Waals surface area contributed by atoms with Gasteiger partial charge in [0.25, 0.3) is 0 Å². The Kier molecular flexibility index (Phi) is 4.55. The number of halogens is 1.